The lowest BCUT2D eigenvalue weighted by Crippen LogP contribution is -2.51. The molecule has 0 amide bonds. The van der Waals surface area contributed by atoms with Crippen molar-refractivity contribution in [1.29, 1.82) is 0 Å². The highest BCUT2D eigenvalue weighted by Crippen LogP contribution is 2.47. The van der Waals surface area contributed by atoms with Crippen LogP contribution in [0.15, 0.2) is 30.5 Å². The number of methoxy groups -OCH3 is 1. The van der Waals surface area contributed by atoms with Crippen LogP contribution >= 0.6 is 0 Å². The highest BCUT2D eigenvalue weighted by molar-refractivity contribution is 6.05. The Bertz CT molecular complexity index is 1770. The molecule has 2 aromatic carbocycles. The van der Waals surface area contributed by atoms with Crippen molar-refractivity contribution < 1.29 is 19.0 Å². The van der Waals surface area contributed by atoms with Crippen molar-refractivity contribution in [2.45, 2.75) is 37.8 Å². The Kier molecular flexibility index (Phi) is 6.75. The largest absolute Gasteiger partial charge is 0.508 e. The molecule has 4 aromatic rings. The number of terminal acetylenes is 1. The summed E-state index contributed by atoms with van der Waals surface area (Å²) in [5, 5.41) is 15.4. The Morgan fingerprint density at radius 1 is 1.14 bits per heavy atom. The highest BCUT2D eigenvalue weighted by Gasteiger charge is 2.44. The first-order chi connectivity index (χ1) is 20.8. The van der Waals surface area contributed by atoms with Crippen molar-refractivity contribution in [3.63, 3.8) is 0 Å². The maximum Gasteiger partial charge on any atom is 0.319 e. The molecule has 1 saturated carbocycles. The average Bonchev–Trinajstić information content (AvgIpc) is 3.67. The van der Waals surface area contributed by atoms with E-state index in [9.17, 15) is 9.50 Å². The van der Waals surface area contributed by atoms with Crippen LogP contribution < -0.4 is 19.7 Å². The van der Waals surface area contributed by atoms with Gasteiger partial charge in [0.15, 0.2) is 11.6 Å². The Hall–Kier alpha value is -4.20. The molecule has 2 unspecified atom stereocenters. The van der Waals surface area contributed by atoms with Gasteiger partial charge in [-0.3, -0.25) is 0 Å². The van der Waals surface area contributed by atoms with E-state index in [0.717, 1.165) is 45.3 Å². The zero-order valence-corrected chi connectivity index (χ0v) is 24.7. The fourth-order valence-corrected chi connectivity index (χ4v) is 6.86. The molecular formula is C33H35FN6O3. The molecule has 3 fully saturated rings. The van der Waals surface area contributed by atoms with Gasteiger partial charge in [-0.1, -0.05) is 12.0 Å². The summed E-state index contributed by atoms with van der Waals surface area (Å²) in [7, 11) is 5.71. The van der Waals surface area contributed by atoms with E-state index in [4.69, 9.17) is 30.8 Å². The number of hydrogen-bond donors (Lipinski definition) is 2. The Labute approximate surface area is 250 Å². The van der Waals surface area contributed by atoms with Crippen molar-refractivity contribution in [1.82, 2.24) is 25.2 Å². The van der Waals surface area contributed by atoms with Crippen molar-refractivity contribution >= 4 is 27.6 Å². The second-order valence-corrected chi connectivity index (χ2v) is 12.5. The molecule has 2 atom stereocenters. The van der Waals surface area contributed by atoms with E-state index in [2.05, 4.69) is 35.1 Å². The molecule has 10 heteroatoms. The first-order valence-electron chi connectivity index (χ1n) is 14.7. The van der Waals surface area contributed by atoms with Gasteiger partial charge in [-0.05, 0) is 68.9 Å². The maximum absolute atomic E-state index is 14.9. The molecule has 0 radical (unpaired) electrons. The summed E-state index contributed by atoms with van der Waals surface area (Å²) >= 11 is 0. The van der Waals surface area contributed by atoms with Gasteiger partial charge in [-0.2, -0.15) is 9.97 Å². The minimum absolute atomic E-state index is 0.0125. The van der Waals surface area contributed by atoms with E-state index in [-0.39, 0.29) is 22.7 Å². The molecule has 7 rings (SSSR count). The van der Waals surface area contributed by atoms with Crippen molar-refractivity contribution in [2.24, 2.45) is 5.41 Å². The number of aromatic nitrogens is 3. The summed E-state index contributed by atoms with van der Waals surface area (Å²) in [5.74, 6) is 3.11. The van der Waals surface area contributed by atoms with Crippen LogP contribution in [-0.2, 0) is 0 Å². The minimum Gasteiger partial charge on any atom is -0.508 e. The van der Waals surface area contributed by atoms with E-state index >= 15 is 0 Å². The third-order valence-electron chi connectivity index (χ3n) is 8.95. The Morgan fingerprint density at radius 2 is 1.91 bits per heavy atom. The molecule has 222 valence electrons. The quantitative estimate of drug-likeness (QED) is 0.294. The van der Waals surface area contributed by atoms with Crippen LogP contribution in [0.3, 0.4) is 0 Å². The normalized spacial score (nSPS) is 20.5. The van der Waals surface area contributed by atoms with Crippen molar-refractivity contribution in [3.05, 3.63) is 41.8 Å². The Balaban J connectivity index is 1.41. The van der Waals surface area contributed by atoms with Gasteiger partial charge in [-0.25, -0.2) is 9.37 Å². The highest BCUT2D eigenvalue weighted by atomic mass is 19.1. The van der Waals surface area contributed by atoms with E-state index in [1.54, 1.807) is 31.5 Å². The minimum atomic E-state index is -0.519. The third-order valence-corrected chi connectivity index (χ3v) is 8.95. The summed E-state index contributed by atoms with van der Waals surface area (Å²) in [6, 6.07) is 7.07. The van der Waals surface area contributed by atoms with Crippen LogP contribution in [0.1, 0.15) is 31.2 Å². The van der Waals surface area contributed by atoms with E-state index in [0.29, 0.717) is 63.2 Å². The molecule has 2 saturated heterocycles. The fraction of sp³-hybridized carbons (Fsp3) is 0.424. The summed E-state index contributed by atoms with van der Waals surface area (Å²) in [6.07, 6.45) is 11.9. The number of fused-ring (bicyclic) bond motifs is 4. The number of rotatable bonds is 8. The van der Waals surface area contributed by atoms with Crippen LogP contribution in [0.4, 0.5) is 10.2 Å². The second kappa shape index (κ2) is 10.5. The lowest BCUT2D eigenvalue weighted by atomic mass is 9.94. The summed E-state index contributed by atoms with van der Waals surface area (Å²) in [6.45, 7) is 3.06. The van der Waals surface area contributed by atoms with Gasteiger partial charge < -0.3 is 29.7 Å². The monoisotopic (exact) mass is 582 g/mol. The second-order valence-electron chi connectivity index (χ2n) is 12.5. The number of nitrogens with one attached hydrogen (secondary N) is 1. The number of phenols is 1. The average molecular weight is 583 g/mol. The van der Waals surface area contributed by atoms with E-state index < -0.39 is 5.82 Å². The first-order valence-corrected chi connectivity index (χ1v) is 14.7. The number of nitrogens with zero attached hydrogens (tertiary/aromatic N) is 5. The van der Waals surface area contributed by atoms with Gasteiger partial charge in [0.25, 0.3) is 0 Å². The molecule has 2 aromatic heterocycles. The lowest BCUT2D eigenvalue weighted by Gasteiger charge is -2.34. The van der Waals surface area contributed by atoms with Crippen LogP contribution in [0.25, 0.3) is 32.9 Å². The fourth-order valence-electron chi connectivity index (χ4n) is 6.86. The number of phenolic OH excluding ortho intramolecular Hbond substituents is 1. The predicted octanol–water partition coefficient (Wildman–Crippen LogP) is 4.34. The number of halogens is 1. The standard InChI is InChI=1S/C33H35FN6O3/c1-5-23-26(34)9-6-19-12-22(41)13-24(27(19)23)25-14-35-29-28(30(25)42-4)37-32(43-18-33(10-11-33)17-39(2)3)38-31(29)40-15-20-7-8-21(16-40)36-20/h1,6,9,12-14,20-21,36,41H,7-8,10-11,15-18H2,2-4H3. The van der Waals surface area contributed by atoms with Gasteiger partial charge >= 0.3 is 6.01 Å². The van der Waals surface area contributed by atoms with Gasteiger partial charge in [0, 0.05) is 54.3 Å². The molecular weight excluding hydrogens is 547 g/mol. The number of pyridine rings is 1. The lowest BCUT2D eigenvalue weighted by molar-refractivity contribution is 0.183. The molecule has 1 aliphatic carbocycles. The summed E-state index contributed by atoms with van der Waals surface area (Å²) < 4.78 is 27.3. The molecule has 9 nitrogen and oxygen atoms in total. The summed E-state index contributed by atoms with van der Waals surface area (Å²) in [5.41, 5.74) is 2.31. The van der Waals surface area contributed by atoms with Gasteiger partial charge in [0.05, 0.1) is 19.3 Å². The van der Waals surface area contributed by atoms with Crippen LogP contribution in [0, 0.1) is 23.6 Å². The number of piperazine rings is 1. The molecule has 2 N–H and O–H groups in total. The van der Waals surface area contributed by atoms with Crippen LogP contribution in [0.2, 0.25) is 0 Å². The number of hydrogen-bond acceptors (Lipinski definition) is 9. The third kappa shape index (κ3) is 4.96. The smallest absolute Gasteiger partial charge is 0.319 e. The van der Waals surface area contributed by atoms with Crippen LogP contribution in [-0.4, -0.2) is 84.5 Å². The van der Waals surface area contributed by atoms with Gasteiger partial charge in [-0.15, -0.1) is 6.42 Å². The molecule has 4 heterocycles. The van der Waals surface area contributed by atoms with E-state index in [1.165, 1.54) is 6.07 Å². The zero-order chi connectivity index (χ0) is 29.9. The van der Waals surface area contributed by atoms with E-state index in [1.807, 2.05) is 0 Å². The maximum atomic E-state index is 14.9. The Morgan fingerprint density at radius 3 is 2.58 bits per heavy atom. The van der Waals surface area contributed by atoms with Gasteiger partial charge in [0.1, 0.15) is 22.6 Å². The molecule has 2 aliphatic heterocycles. The number of benzene rings is 2. The molecule has 0 spiro atoms. The number of ether oxygens (including phenoxy) is 2. The van der Waals surface area contributed by atoms with Crippen molar-refractivity contribution in [3.8, 4) is 41.0 Å². The number of aromatic hydroxyl groups is 1. The van der Waals surface area contributed by atoms with Gasteiger partial charge in [0.2, 0.25) is 0 Å². The van der Waals surface area contributed by atoms with Crippen LogP contribution in [0.5, 0.6) is 17.5 Å². The molecule has 43 heavy (non-hydrogen) atoms. The van der Waals surface area contributed by atoms with Crippen molar-refractivity contribution in [2.75, 3.05) is 52.3 Å². The molecule has 2 bridgehead atoms. The number of anilines is 1. The SMILES string of the molecule is C#Cc1c(F)ccc2cc(O)cc(-c3cnc4c(N5CC6CCC(C5)N6)nc(OCC5(CN(C)C)CC5)nc4c3OC)c12. The topological polar surface area (TPSA) is 95.9 Å². The zero-order valence-electron chi connectivity index (χ0n) is 24.7. The first kappa shape index (κ1) is 27.6. The molecule has 3 aliphatic rings. The summed E-state index contributed by atoms with van der Waals surface area (Å²) in [4.78, 5) is 19.1. The predicted molar refractivity (Wildman–Crippen MR) is 164 cm³/mol.